The van der Waals surface area contributed by atoms with Crippen LogP contribution in [0.2, 0.25) is 0 Å². The highest BCUT2D eigenvalue weighted by molar-refractivity contribution is 6.34. The van der Waals surface area contributed by atoms with Gasteiger partial charge in [-0.3, -0.25) is 0 Å². The molecule has 0 saturated carbocycles. The molecular weight excluding hydrogens is 559 g/mol. The Bertz CT molecular complexity index is 1770. The number of amidine groups is 1. The molecule has 0 aromatic heterocycles. The molecular formula is C36H36ClFN4O. The summed E-state index contributed by atoms with van der Waals surface area (Å²) in [5.41, 5.74) is 3.20. The Labute approximate surface area is 257 Å². The number of nitrogens with zero attached hydrogens (tertiary/aromatic N) is 2. The lowest BCUT2D eigenvalue weighted by atomic mass is 9.97. The van der Waals surface area contributed by atoms with E-state index in [1.807, 2.05) is 68.6 Å². The predicted octanol–water partition coefficient (Wildman–Crippen LogP) is 8.28. The monoisotopic (exact) mass is 594 g/mol. The molecule has 4 aromatic rings. The van der Waals surface area contributed by atoms with Crippen molar-refractivity contribution in [3.05, 3.63) is 119 Å². The lowest BCUT2D eigenvalue weighted by Gasteiger charge is -2.17. The first-order chi connectivity index (χ1) is 20.9. The molecule has 1 aliphatic heterocycles. The molecule has 3 N–H and O–H groups in total. The van der Waals surface area contributed by atoms with Gasteiger partial charge in [0, 0.05) is 29.2 Å². The van der Waals surface area contributed by atoms with Crippen LogP contribution < -0.4 is 10.6 Å². The average Bonchev–Trinajstić information content (AvgIpc) is 3.47. The molecule has 1 aliphatic rings. The number of hydrogen-bond donors (Lipinski definition) is 3. The highest BCUT2D eigenvalue weighted by Crippen LogP contribution is 2.33. The normalized spacial score (nSPS) is 18.7. The van der Waals surface area contributed by atoms with Crippen molar-refractivity contribution in [3.63, 3.8) is 0 Å². The number of halogens is 2. The van der Waals surface area contributed by atoms with Crippen molar-refractivity contribution >= 4 is 51.3 Å². The van der Waals surface area contributed by atoms with Gasteiger partial charge in [-0.1, -0.05) is 78.3 Å². The first kappa shape index (κ1) is 30.4. The van der Waals surface area contributed by atoms with E-state index in [-0.39, 0.29) is 23.3 Å². The molecule has 5 rings (SSSR count). The van der Waals surface area contributed by atoms with E-state index in [4.69, 9.17) is 11.6 Å². The third kappa shape index (κ3) is 6.94. The number of phenolic OH excluding ortho intramolecular Hbond substituents is 1. The smallest absolute Gasteiger partial charge is 0.160 e. The zero-order valence-corrected chi connectivity index (χ0v) is 25.2. The summed E-state index contributed by atoms with van der Waals surface area (Å²) in [6.45, 7) is 6.56. The van der Waals surface area contributed by atoms with E-state index in [0.717, 1.165) is 52.1 Å². The number of aromatic hydroxyl groups is 1. The Balaban J connectivity index is 1.60. The van der Waals surface area contributed by atoms with Crippen LogP contribution >= 0.6 is 11.6 Å². The van der Waals surface area contributed by atoms with E-state index in [9.17, 15) is 9.50 Å². The maximum absolute atomic E-state index is 14.9. The summed E-state index contributed by atoms with van der Waals surface area (Å²) >= 11 is 7.02. The first-order valence-corrected chi connectivity index (χ1v) is 14.8. The number of nitrogens with one attached hydrogen (secondary N) is 2. The van der Waals surface area contributed by atoms with Gasteiger partial charge >= 0.3 is 0 Å². The van der Waals surface area contributed by atoms with Gasteiger partial charge in [0.05, 0.1) is 5.70 Å². The van der Waals surface area contributed by atoms with Crippen molar-refractivity contribution in [2.24, 2.45) is 9.98 Å². The molecule has 7 heteroatoms. The van der Waals surface area contributed by atoms with Crippen molar-refractivity contribution < 1.29 is 9.50 Å². The third-order valence-corrected chi connectivity index (χ3v) is 8.39. The van der Waals surface area contributed by atoms with E-state index in [0.29, 0.717) is 35.0 Å². The first-order valence-electron chi connectivity index (χ1n) is 14.5. The number of benzene rings is 4. The molecule has 5 nitrogen and oxygen atoms in total. The van der Waals surface area contributed by atoms with Gasteiger partial charge in [-0.25, -0.2) is 14.4 Å². The van der Waals surface area contributed by atoms with Crippen LogP contribution in [0.4, 0.5) is 4.39 Å². The fraction of sp³-hybridized carbons (Fsp3) is 0.222. The van der Waals surface area contributed by atoms with Crippen molar-refractivity contribution in [1.29, 1.82) is 0 Å². The van der Waals surface area contributed by atoms with Crippen LogP contribution in [0.1, 0.15) is 37.3 Å². The van der Waals surface area contributed by atoms with Crippen LogP contribution in [0.15, 0.2) is 118 Å². The third-order valence-electron chi connectivity index (χ3n) is 8.00. The van der Waals surface area contributed by atoms with Gasteiger partial charge in [0.2, 0.25) is 0 Å². The highest BCUT2D eigenvalue weighted by Gasteiger charge is 2.25. The van der Waals surface area contributed by atoms with E-state index < -0.39 is 0 Å². The summed E-state index contributed by atoms with van der Waals surface area (Å²) in [6, 6.07) is 25.6. The second kappa shape index (κ2) is 13.9. The van der Waals surface area contributed by atoms with E-state index >= 15 is 0 Å². The van der Waals surface area contributed by atoms with Gasteiger partial charge in [0.15, 0.2) is 5.84 Å². The van der Waals surface area contributed by atoms with Crippen LogP contribution in [0.5, 0.6) is 5.75 Å². The van der Waals surface area contributed by atoms with E-state index in [1.54, 1.807) is 12.1 Å². The number of likely N-dealkylation sites (N-methyl/N-ethyl adjacent to an activating group) is 1. The number of allylic oxidation sites excluding steroid dienone is 4. The molecule has 0 amide bonds. The van der Waals surface area contributed by atoms with Crippen LogP contribution in [-0.2, 0) is 0 Å². The van der Waals surface area contributed by atoms with Crippen LogP contribution in [0.25, 0.3) is 27.1 Å². The molecule has 2 atom stereocenters. The molecule has 2 unspecified atom stereocenters. The second-order valence-corrected chi connectivity index (χ2v) is 11.3. The van der Waals surface area contributed by atoms with Crippen LogP contribution in [0.3, 0.4) is 0 Å². The molecule has 0 aliphatic carbocycles. The standard InChI is InChI=1S/C36H36ClFN4O/c1-23(30-14-8-11-24-9-4-6-12-31(24)30)34(37)19-26(17-27-15-16-28(41-27)22-39-2)35(21-38)42-36(40-3)33-20-29(43)18-25-10-5-7-13-32(25)33/h4-14,18-21,27-28,39,41,43H,3,15-17,22H2,1-2H3/b26-19+,34-23-,35-21-,42-36?. The minimum absolute atomic E-state index is 0.0639. The van der Waals surface area contributed by atoms with Gasteiger partial charge in [-0.15, -0.1) is 0 Å². The molecule has 43 heavy (non-hydrogen) atoms. The minimum Gasteiger partial charge on any atom is -0.508 e. The van der Waals surface area contributed by atoms with E-state index in [2.05, 4.69) is 45.5 Å². The minimum atomic E-state index is 0.0639. The lowest BCUT2D eigenvalue weighted by Crippen LogP contribution is -2.36. The highest BCUT2D eigenvalue weighted by atomic mass is 35.5. The summed E-state index contributed by atoms with van der Waals surface area (Å²) in [7, 11) is 1.94. The molecule has 1 saturated heterocycles. The fourth-order valence-electron chi connectivity index (χ4n) is 5.86. The molecule has 4 aromatic carbocycles. The Hall–Kier alpha value is -4.10. The summed E-state index contributed by atoms with van der Waals surface area (Å²) < 4.78 is 14.9. The zero-order chi connectivity index (χ0) is 30.3. The maximum atomic E-state index is 14.9. The second-order valence-electron chi connectivity index (χ2n) is 10.9. The van der Waals surface area contributed by atoms with Crippen molar-refractivity contribution in [2.75, 3.05) is 13.6 Å². The number of fused-ring (bicyclic) bond motifs is 2. The van der Waals surface area contributed by atoms with Gasteiger partial charge in [0.1, 0.15) is 12.1 Å². The molecule has 0 bridgehead atoms. The Morgan fingerprint density at radius 3 is 2.40 bits per heavy atom. The Morgan fingerprint density at radius 1 is 1.00 bits per heavy atom. The molecule has 0 radical (unpaired) electrons. The van der Waals surface area contributed by atoms with Crippen LogP contribution in [-0.4, -0.2) is 43.3 Å². The van der Waals surface area contributed by atoms with Gasteiger partial charge < -0.3 is 15.7 Å². The topological polar surface area (TPSA) is 69.0 Å². The van der Waals surface area contributed by atoms with Gasteiger partial charge in [0.25, 0.3) is 0 Å². The fourth-order valence-corrected chi connectivity index (χ4v) is 6.09. The summed E-state index contributed by atoms with van der Waals surface area (Å²) in [5.74, 6) is 0.272. The number of aliphatic imine (C=N–C) groups is 2. The predicted molar refractivity (Wildman–Crippen MR) is 180 cm³/mol. The average molecular weight is 595 g/mol. The molecule has 220 valence electrons. The summed E-state index contributed by atoms with van der Waals surface area (Å²) in [5, 5.41) is 21.7. The Kier molecular flexibility index (Phi) is 9.82. The number of phenols is 1. The number of hydrogen-bond acceptors (Lipinski definition) is 4. The molecule has 1 fully saturated rings. The van der Waals surface area contributed by atoms with Crippen LogP contribution in [0, 0.1) is 0 Å². The Morgan fingerprint density at radius 2 is 1.67 bits per heavy atom. The molecule has 1 heterocycles. The van der Waals surface area contributed by atoms with Crippen molar-refractivity contribution in [2.45, 2.75) is 38.3 Å². The maximum Gasteiger partial charge on any atom is 0.160 e. The largest absolute Gasteiger partial charge is 0.508 e. The zero-order valence-electron chi connectivity index (χ0n) is 24.4. The van der Waals surface area contributed by atoms with E-state index in [1.165, 1.54) is 0 Å². The van der Waals surface area contributed by atoms with Crippen molar-refractivity contribution in [1.82, 2.24) is 10.6 Å². The molecule has 0 spiro atoms. The van der Waals surface area contributed by atoms with Gasteiger partial charge in [-0.2, -0.15) is 0 Å². The van der Waals surface area contributed by atoms with Crippen molar-refractivity contribution in [3.8, 4) is 5.75 Å². The lowest BCUT2D eigenvalue weighted by molar-refractivity contribution is 0.476. The quantitative estimate of drug-likeness (QED) is 0.104. The summed E-state index contributed by atoms with van der Waals surface area (Å²) in [6.07, 6.45) is 4.80. The SMILES string of the molecule is C=NC(=NC(=C\F)/C(=C/C(Cl)=C(\C)c1cccc2ccccc12)CC1CCC(CNC)N1)c1cc(O)cc2ccccc12. The number of rotatable bonds is 9. The van der Waals surface area contributed by atoms with Gasteiger partial charge in [-0.05, 0) is 96.4 Å². The summed E-state index contributed by atoms with van der Waals surface area (Å²) in [4.78, 5) is 8.85.